The molecular formula is C18H16BrClINO2. The summed E-state index contributed by atoms with van der Waals surface area (Å²) in [5, 5.41) is 4.02. The zero-order valence-corrected chi connectivity index (χ0v) is 17.5. The lowest BCUT2D eigenvalue weighted by Gasteiger charge is -2.15. The van der Waals surface area contributed by atoms with Crippen LogP contribution in [0.2, 0.25) is 5.02 Å². The van der Waals surface area contributed by atoms with E-state index in [0.29, 0.717) is 29.7 Å². The Morgan fingerprint density at radius 2 is 2.08 bits per heavy atom. The Hall–Kier alpha value is -1.10. The predicted octanol–water partition coefficient (Wildman–Crippen LogP) is 5.73. The number of halogens is 3. The number of ether oxygens (including phenoxy) is 2. The lowest BCUT2D eigenvalue weighted by Crippen LogP contribution is -2.05. The van der Waals surface area contributed by atoms with Crippen LogP contribution in [-0.2, 0) is 6.54 Å². The Morgan fingerprint density at radius 1 is 1.29 bits per heavy atom. The summed E-state index contributed by atoms with van der Waals surface area (Å²) < 4.78 is 13.1. The standard InChI is InChI=1S/C18H16BrClINO2/c1-3-7-24-18-16(21)8-12(9-17(18)23-4-2)11-22-13-5-6-14(19)15(20)10-13/h1,5-6,8-10,22H,4,7,11H2,2H3. The molecule has 0 saturated carbocycles. The van der Waals surface area contributed by atoms with E-state index in [0.717, 1.165) is 19.3 Å². The number of benzene rings is 2. The molecule has 6 heteroatoms. The molecule has 0 aliphatic carbocycles. The van der Waals surface area contributed by atoms with Gasteiger partial charge in [0.05, 0.1) is 15.2 Å². The number of anilines is 1. The van der Waals surface area contributed by atoms with Crippen LogP contribution in [0.5, 0.6) is 11.5 Å². The lowest BCUT2D eigenvalue weighted by molar-refractivity contribution is 0.297. The van der Waals surface area contributed by atoms with Crippen LogP contribution >= 0.6 is 50.1 Å². The third kappa shape index (κ3) is 5.20. The van der Waals surface area contributed by atoms with Crippen LogP contribution in [0.15, 0.2) is 34.8 Å². The van der Waals surface area contributed by atoms with Gasteiger partial charge in [0.15, 0.2) is 11.5 Å². The van der Waals surface area contributed by atoms with E-state index in [1.54, 1.807) is 0 Å². The first kappa shape index (κ1) is 19.2. The van der Waals surface area contributed by atoms with E-state index in [-0.39, 0.29) is 6.61 Å². The Balaban J connectivity index is 2.17. The maximum atomic E-state index is 6.12. The van der Waals surface area contributed by atoms with Gasteiger partial charge in [0, 0.05) is 16.7 Å². The van der Waals surface area contributed by atoms with Gasteiger partial charge in [0.25, 0.3) is 0 Å². The highest BCUT2D eigenvalue weighted by Crippen LogP contribution is 2.34. The third-order valence-corrected chi connectivity index (χ3v) is 5.12. The third-order valence-electron chi connectivity index (χ3n) is 3.09. The first-order valence-corrected chi connectivity index (χ1v) is 9.50. The van der Waals surface area contributed by atoms with Gasteiger partial charge < -0.3 is 14.8 Å². The Labute approximate surface area is 169 Å². The van der Waals surface area contributed by atoms with Crippen LogP contribution in [-0.4, -0.2) is 13.2 Å². The maximum Gasteiger partial charge on any atom is 0.175 e. The van der Waals surface area contributed by atoms with Crippen molar-refractivity contribution in [1.29, 1.82) is 0 Å². The van der Waals surface area contributed by atoms with Crippen LogP contribution in [0.4, 0.5) is 5.69 Å². The Bertz CT molecular complexity index is 761. The van der Waals surface area contributed by atoms with Gasteiger partial charge in [-0.1, -0.05) is 17.5 Å². The zero-order valence-electron chi connectivity index (χ0n) is 13.0. The van der Waals surface area contributed by atoms with Crippen molar-refractivity contribution >= 4 is 55.8 Å². The molecule has 0 aromatic heterocycles. The van der Waals surface area contributed by atoms with Crippen molar-refractivity contribution in [3.05, 3.63) is 49.0 Å². The second-order valence-electron chi connectivity index (χ2n) is 4.81. The van der Waals surface area contributed by atoms with Crippen molar-refractivity contribution in [2.45, 2.75) is 13.5 Å². The second-order valence-corrected chi connectivity index (χ2v) is 7.24. The summed E-state index contributed by atoms with van der Waals surface area (Å²) in [7, 11) is 0. The number of nitrogens with one attached hydrogen (secondary N) is 1. The minimum Gasteiger partial charge on any atom is -0.490 e. The van der Waals surface area contributed by atoms with Crippen LogP contribution in [0.3, 0.4) is 0 Å². The van der Waals surface area contributed by atoms with E-state index in [9.17, 15) is 0 Å². The molecule has 2 aromatic carbocycles. The number of rotatable bonds is 7. The molecule has 0 heterocycles. The van der Waals surface area contributed by atoms with E-state index in [4.69, 9.17) is 27.5 Å². The molecule has 0 atom stereocenters. The predicted molar refractivity (Wildman–Crippen MR) is 111 cm³/mol. The fourth-order valence-electron chi connectivity index (χ4n) is 2.05. The molecule has 0 unspecified atom stereocenters. The van der Waals surface area contributed by atoms with Crippen LogP contribution < -0.4 is 14.8 Å². The first-order valence-electron chi connectivity index (χ1n) is 7.25. The maximum absolute atomic E-state index is 6.12. The second kappa shape index (κ2) is 9.40. The van der Waals surface area contributed by atoms with Crippen molar-refractivity contribution in [1.82, 2.24) is 0 Å². The van der Waals surface area contributed by atoms with Crippen molar-refractivity contribution in [3.63, 3.8) is 0 Å². The van der Waals surface area contributed by atoms with E-state index >= 15 is 0 Å². The average molecular weight is 521 g/mol. The first-order chi connectivity index (χ1) is 11.5. The zero-order chi connectivity index (χ0) is 17.5. The highest BCUT2D eigenvalue weighted by molar-refractivity contribution is 14.1. The summed E-state index contributed by atoms with van der Waals surface area (Å²) in [6.07, 6.45) is 5.27. The van der Waals surface area contributed by atoms with E-state index in [1.807, 2.05) is 37.3 Å². The van der Waals surface area contributed by atoms with Crippen molar-refractivity contribution in [3.8, 4) is 23.8 Å². The van der Waals surface area contributed by atoms with Crippen LogP contribution in [0, 0.1) is 15.9 Å². The lowest BCUT2D eigenvalue weighted by atomic mass is 10.2. The van der Waals surface area contributed by atoms with Gasteiger partial charge in [-0.15, -0.1) is 6.42 Å². The smallest absolute Gasteiger partial charge is 0.175 e. The molecule has 0 fully saturated rings. The summed E-state index contributed by atoms with van der Waals surface area (Å²) in [6.45, 7) is 3.35. The minimum atomic E-state index is 0.213. The molecule has 2 rings (SSSR count). The molecule has 3 nitrogen and oxygen atoms in total. The van der Waals surface area contributed by atoms with Gasteiger partial charge in [-0.3, -0.25) is 0 Å². The van der Waals surface area contributed by atoms with Gasteiger partial charge >= 0.3 is 0 Å². The van der Waals surface area contributed by atoms with Gasteiger partial charge in [-0.2, -0.15) is 0 Å². The van der Waals surface area contributed by atoms with Gasteiger partial charge in [0.2, 0.25) is 0 Å². The molecule has 24 heavy (non-hydrogen) atoms. The Kier molecular flexibility index (Phi) is 7.53. The molecule has 126 valence electrons. The topological polar surface area (TPSA) is 30.5 Å². The SMILES string of the molecule is C#CCOc1c(I)cc(CNc2ccc(Br)c(Cl)c2)cc1OCC. The summed E-state index contributed by atoms with van der Waals surface area (Å²) in [5.74, 6) is 3.86. The summed E-state index contributed by atoms with van der Waals surface area (Å²) in [5.41, 5.74) is 2.03. The molecule has 0 bridgehead atoms. The Morgan fingerprint density at radius 3 is 2.75 bits per heavy atom. The molecule has 0 aliphatic heterocycles. The van der Waals surface area contributed by atoms with Crippen molar-refractivity contribution in [2.75, 3.05) is 18.5 Å². The summed E-state index contributed by atoms with van der Waals surface area (Å²) in [6, 6.07) is 9.77. The largest absolute Gasteiger partial charge is 0.490 e. The highest BCUT2D eigenvalue weighted by Gasteiger charge is 2.12. The van der Waals surface area contributed by atoms with Crippen LogP contribution in [0.1, 0.15) is 12.5 Å². The monoisotopic (exact) mass is 519 g/mol. The molecule has 1 N–H and O–H groups in total. The fourth-order valence-corrected chi connectivity index (χ4v) is 3.30. The fraction of sp³-hybridized carbons (Fsp3) is 0.222. The van der Waals surface area contributed by atoms with Gasteiger partial charge in [-0.05, 0) is 81.3 Å². The molecule has 2 aromatic rings. The molecule has 0 aliphatic rings. The summed E-state index contributed by atoms with van der Waals surface area (Å²) in [4.78, 5) is 0. The number of hydrogen-bond acceptors (Lipinski definition) is 3. The molecular weight excluding hydrogens is 504 g/mol. The number of hydrogen-bond donors (Lipinski definition) is 1. The van der Waals surface area contributed by atoms with Gasteiger partial charge in [0.1, 0.15) is 6.61 Å². The van der Waals surface area contributed by atoms with E-state index in [2.05, 4.69) is 49.8 Å². The highest BCUT2D eigenvalue weighted by atomic mass is 127. The molecule has 0 saturated heterocycles. The normalized spacial score (nSPS) is 10.1. The summed E-state index contributed by atoms with van der Waals surface area (Å²) >= 11 is 11.7. The van der Waals surface area contributed by atoms with Crippen LogP contribution in [0.25, 0.3) is 0 Å². The van der Waals surface area contributed by atoms with Gasteiger partial charge in [-0.25, -0.2) is 0 Å². The van der Waals surface area contributed by atoms with Crippen molar-refractivity contribution < 1.29 is 9.47 Å². The molecule has 0 radical (unpaired) electrons. The van der Waals surface area contributed by atoms with E-state index < -0.39 is 0 Å². The molecule has 0 amide bonds. The minimum absolute atomic E-state index is 0.213. The average Bonchev–Trinajstić information content (AvgIpc) is 2.55. The quantitative estimate of drug-likeness (QED) is 0.374. The molecule has 0 spiro atoms. The van der Waals surface area contributed by atoms with E-state index in [1.165, 1.54) is 0 Å². The van der Waals surface area contributed by atoms with Crippen molar-refractivity contribution in [2.24, 2.45) is 0 Å². The number of terminal acetylenes is 1.